The zero-order valence-electron chi connectivity index (χ0n) is 20.9. The minimum atomic E-state index is -1.18. The molecule has 4 aromatic carbocycles. The van der Waals surface area contributed by atoms with Crippen molar-refractivity contribution in [2.45, 2.75) is 38.1 Å². The Balaban J connectivity index is 1.40. The van der Waals surface area contributed by atoms with E-state index >= 15 is 0 Å². The average Bonchev–Trinajstić information content (AvgIpc) is 2.95. The first kappa shape index (κ1) is 26.6. The molecule has 194 valence electrons. The van der Waals surface area contributed by atoms with Crippen LogP contribution in [0.2, 0.25) is 0 Å². The Bertz CT molecular complexity index is 1370. The van der Waals surface area contributed by atoms with Crippen LogP contribution in [0.15, 0.2) is 103 Å². The van der Waals surface area contributed by atoms with Gasteiger partial charge in [0.05, 0.1) is 12.5 Å². The second-order valence-corrected chi connectivity index (χ2v) is 9.00. The summed E-state index contributed by atoms with van der Waals surface area (Å²) >= 11 is 0. The molecular formula is C31H30N2O5. The Kier molecular flexibility index (Phi) is 9.21. The van der Waals surface area contributed by atoms with Crippen molar-refractivity contribution in [3.8, 4) is 0 Å². The van der Waals surface area contributed by atoms with E-state index in [9.17, 15) is 14.4 Å². The maximum absolute atomic E-state index is 13.1. The van der Waals surface area contributed by atoms with Crippen LogP contribution in [0.1, 0.15) is 23.1 Å². The standard InChI is InChI=1S/C31H30N2O5/c32-27(19-29(34)37-20-22-9-3-1-4-10-22)30(35)33-28(31(36)38-21-23-11-5-2-6-12-23)18-24-15-16-25-13-7-8-14-26(25)17-24/h1-17,27-28H,18-21,32H2,(H,33,35)/t27-,28-/m0/s1. The van der Waals surface area contributed by atoms with Gasteiger partial charge in [0.25, 0.3) is 0 Å². The van der Waals surface area contributed by atoms with Crippen LogP contribution >= 0.6 is 0 Å². The molecule has 4 aromatic rings. The van der Waals surface area contributed by atoms with Crippen LogP contribution in [0.3, 0.4) is 0 Å². The number of hydrogen-bond acceptors (Lipinski definition) is 6. The van der Waals surface area contributed by atoms with E-state index in [-0.39, 0.29) is 26.1 Å². The summed E-state index contributed by atoms with van der Waals surface area (Å²) in [6.07, 6.45) is -0.115. The summed E-state index contributed by atoms with van der Waals surface area (Å²) in [5, 5.41) is 4.77. The summed E-state index contributed by atoms with van der Waals surface area (Å²) in [7, 11) is 0. The van der Waals surface area contributed by atoms with Crippen LogP contribution in [0.4, 0.5) is 0 Å². The number of rotatable bonds is 11. The number of ether oxygens (including phenoxy) is 2. The number of carbonyl (C=O) groups excluding carboxylic acids is 3. The number of benzene rings is 4. The monoisotopic (exact) mass is 510 g/mol. The van der Waals surface area contributed by atoms with E-state index in [1.165, 1.54) is 0 Å². The topological polar surface area (TPSA) is 108 Å². The van der Waals surface area contributed by atoms with Gasteiger partial charge in [-0.1, -0.05) is 103 Å². The molecule has 38 heavy (non-hydrogen) atoms. The van der Waals surface area contributed by atoms with Gasteiger partial charge in [0.2, 0.25) is 5.91 Å². The Labute approximate surface area is 221 Å². The molecule has 0 aliphatic heterocycles. The van der Waals surface area contributed by atoms with Gasteiger partial charge < -0.3 is 20.5 Å². The highest BCUT2D eigenvalue weighted by Gasteiger charge is 2.27. The van der Waals surface area contributed by atoms with Crippen molar-refractivity contribution in [2.24, 2.45) is 5.73 Å². The summed E-state index contributed by atoms with van der Waals surface area (Å²) in [6.45, 7) is 0.159. The Morgan fingerprint density at radius 3 is 1.92 bits per heavy atom. The lowest BCUT2D eigenvalue weighted by Gasteiger charge is -2.20. The lowest BCUT2D eigenvalue weighted by Crippen LogP contribution is -2.50. The molecule has 7 heteroatoms. The maximum atomic E-state index is 13.1. The molecule has 0 radical (unpaired) electrons. The van der Waals surface area contributed by atoms with Gasteiger partial charge in [0.15, 0.2) is 0 Å². The van der Waals surface area contributed by atoms with E-state index in [1.54, 1.807) is 0 Å². The molecule has 0 spiro atoms. The van der Waals surface area contributed by atoms with Crippen LogP contribution in [0.25, 0.3) is 10.8 Å². The molecule has 0 fully saturated rings. The summed E-state index contributed by atoms with van der Waals surface area (Å²) < 4.78 is 10.7. The van der Waals surface area contributed by atoms with E-state index in [0.29, 0.717) is 0 Å². The smallest absolute Gasteiger partial charge is 0.329 e. The highest BCUT2D eigenvalue weighted by molar-refractivity contribution is 5.90. The molecular weight excluding hydrogens is 480 g/mol. The zero-order chi connectivity index (χ0) is 26.7. The molecule has 2 atom stereocenters. The molecule has 1 amide bonds. The molecule has 4 rings (SSSR count). The van der Waals surface area contributed by atoms with E-state index in [0.717, 1.165) is 27.5 Å². The lowest BCUT2D eigenvalue weighted by atomic mass is 10.0. The molecule has 0 saturated heterocycles. The van der Waals surface area contributed by atoms with Gasteiger partial charge in [-0.15, -0.1) is 0 Å². The molecule has 0 bridgehead atoms. The van der Waals surface area contributed by atoms with Gasteiger partial charge in [0, 0.05) is 6.42 Å². The number of nitrogens with one attached hydrogen (secondary N) is 1. The van der Waals surface area contributed by atoms with E-state index < -0.39 is 29.9 Å². The number of nitrogens with two attached hydrogens (primary N) is 1. The largest absolute Gasteiger partial charge is 0.461 e. The lowest BCUT2D eigenvalue weighted by molar-refractivity contribution is -0.149. The Hall–Kier alpha value is -4.49. The van der Waals surface area contributed by atoms with Crippen molar-refractivity contribution in [2.75, 3.05) is 0 Å². The van der Waals surface area contributed by atoms with Crippen LogP contribution in [0.5, 0.6) is 0 Å². The first-order chi connectivity index (χ1) is 18.5. The zero-order valence-corrected chi connectivity index (χ0v) is 20.9. The molecule has 0 aliphatic carbocycles. The van der Waals surface area contributed by atoms with Gasteiger partial charge in [-0.3, -0.25) is 9.59 Å². The predicted molar refractivity (Wildman–Crippen MR) is 145 cm³/mol. The van der Waals surface area contributed by atoms with E-state index in [1.807, 2.05) is 103 Å². The Morgan fingerprint density at radius 2 is 1.26 bits per heavy atom. The molecule has 0 aliphatic rings. The van der Waals surface area contributed by atoms with Gasteiger partial charge in [-0.25, -0.2) is 4.79 Å². The van der Waals surface area contributed by atoms with Crippen LogP contribution < -0.4 is 11.1 Å². The highest BCUT2D eigenvalue weighted by Crippen LogP contribution is 2.17. The summed E-state index contributed by atoms with van der Waals surface area (Å²) in [4.78, 5) is 38.2. The molecule has 7 nitrogen and oxygen atoms in total. The van der Waals surface area contributed by atoms with Crippen molar-refractivity contribution < 1.29 is 23.9 Å². The SMILES string of the molecule is N[C@@H](CC(=O)OCc1ccccc1)C(=O)N[C@@H](Cc1ccc2ccccc2c1)C(=O)OCc1ccccc1. The fourth-order valence-electron chi connectivity index (χ4n) is 3.97. The second kappa shape index (κ2) is 13.2. The van der Waals surface area contributed by atoms with Crippen LogP contribution in [0, 0.1) is 0 Å². The predicted octanol–water partition coefficient (Wildman–Crippen LogP) is 4.07. The van der Waals surface area contributed by atoms with Gasteiger partial charge >= 0.3 is 11.9 Å². The van der Waals surface area contributed by atoms with E-state index in [2.05, 4.69) is 5.32 Å². The maximum Gasteiger partial charge on any atom is 0.329 e. The normalized spacial score (nSPS) is 12.3. The average molecular weight is 511 g/mol. The number of hydrogen-bond donors (Lipinski definition) is 2. The number of amides is 1. The van der Waals surface area contributed by atoms with Crippen molar-refractivity contribution >= 4 is 28.6 Å². The van der Waals surface area contributed by atoms with Gasteiger partial charge in [-0.2, -0.15) is 0 Å². The van der Waals surface area contributed by atoms with Gasteiger partial charge in [0.1, 0.15) is 19.3 Å². The third-order valence-corrected chi connectivity index (χ3v) is 6.04. The third kappa shape index (κ3) is 7.75. The molecule has 0 aromatic heterocycles. The minimum absolute atomic E-state index is 0.0711. The molecule has 0 saturated carbocycles. The first-order valence-electron chi connectivity index (χ1n) is 12.4. The fourth-order valence-corrected chi connectivity index (χ4v) is 3.97. The molecule has 3 N–H and O–H groups in total. The number of carbonyl (C=O) groups is 3. The van der Waals surface area contributed by atoms with Crippen molar-refractivity contribution in [3.05, 3.63) is 120 Å². The van der Waals surface area contributed by atoms with E-state index in [4.69, 9.17) is 15.2 Å². The molecule has 0 heterocycles. The number of esters is 2. The quantitative estimate of drug-likeness (QED) is 0.295. The fraction of sp³-hybridized carbons (Fsp3) is 0.194. The highest BCUT2D eigenvalue weighted by atomic mass is 16.5. The number of fused-ring (bicyclic) bond motifs is 1. The minimum Gasteiger partial charge on any atom is -0.461 e. The van der Waals surface area contributed by atoms with Crippen molar-refractivity contribution in [3.63, 3.8) is 0 Å². The molecule has 0 unspecified atom stereocenters. The van der Waals surface area contributed by atoms with Crippen molar-refractivity contribution in [1.29, 1.82) is 0 Å². The van der Waals surface area contributed by atoms with Crippen molar-refractivity contribution in [1.82, 2.24) is 5.32 Å². The summed E-state index contributed by atoms with van der Waals surface area (Å²) in [5.41, 5.74) is 8.51. The van der Waals surface area contributed by atoms with Crippen LogP contribution in [-0.4, -0.2) is 29.9 Å². The third-order valence-electron chi connectivity index (χ3n) is 6.04. The summed E-state index contributed by atoms with van der Waals surface area (Å²) in [5.74, 6) is -1.83. The Morgan fingerprint density at radius 1 is 0.684 bits per heavy atom. The van der Waals surface area contributed by atoms with Crippen LogP contribution in [-0.2, 0) is 43.5 Å². The summed E-state index contributed by atoms with van der Waals surface area (Å²) in [6, 6.07) is 30.1. The van der Waals surface area contributed by atoms with Gasteiger partial charge in [-0.05, 0) is 27.5 Å². The first-order valence-corrected chi connectivity index (χ1v) is 12.4. The second-order valence-electron chi connectivity index (χ2n) is 9.00.